The lowest BCUT2D eigenvalue weighted by Crippen LogP contribution is -2.11. The summed E-state index contributed by atoms with van der Waals surface area (Å²) in [5, 5.41) is 13.8. The van der Waals surface area contributed by atoms with E-state index in [-0.39, 0.29) is 11.5 Å². The van der Waals surface area contributed by atoms with Gasteiger partial charge in [-0.15, -0.1) is 0 Å². The largest absolute Gasteiger partial charge is 0.370 e. The van der Waals surface area contributed by atoms with E-state index in [1.165, 1.54) is 25.0 Å². The standard InChI is InChI=1S/C11H19N5O2/c1-2-3-4-5-6-13-10-7-9(16(17)18)8-11(14-10)15-12/h7-8H,2-6,12H2,1H3,(H2,13,14,15). The van der Waals surface area contributed by atoms with E-state index in [2.05, 4.69) is 22.7 Å². The molecular formula is C11H19N5O2. The third-order valence-corrected chi connectivity index (χ3v) is 2.51. The molecule has 0 aliphatic carbocycles. The summed E-state index contributed by atoms with van der Waals surface area (Å²) in [5.41, 5.74) is 2.28. The molecule has 1 aromatic heterocycles. The first-order chi connectivity index (χ1) is 8.67. The lowest BCUT2D eigenvalue weighted by Gasteiger charge is -2.07. The molecule has 7 nitrogen and oxygen atoms in total. The molecule has 100 valence electrons. The zero-order valence-corrected chi connectivity index (χ0v) is 10.5. The Hall–Kier alpha value is -1.89. The zero-order chi connectivity index (χ0) is 13.4. The van der Waals surface area contributed by atoms with Crippen LogP contribution in [0.15, 0.2) is 12.1 Å². The van der Waals surface area contributed by atoms with Gasteiger partial charge >= 0.3 is 0 Å². The van der Waals surface area contributed by atoms with Gasteiger partial charge in [0.25, 0.3) is 5.69 Å². The van der Waals surface area contributed by atoms with Crippen LogP contribution in [-0.2, 0) is 0 Å². The van der Waals surface area contributed by atoms with Gasteiger partial charge in [-0.05, 0) is 6.42 Å². The second-order valence-electron chi connectivity index (χ2n) is 3.98. The summed E-state index contributed by atoms with van der Waals surface area (Å²) in [7, 11) is 0. The van der Waals surface area contributed by atoms with Gasteiger partial charge in [0.15, 0.2) is 0 Å². The molecule has 0 atom stereocenters. The summed E-state index contributed by atoms with van der Waals surface area (Å²) >= 11 is 0. The van der Waals surface area contributed by atoms with E-state index in [1.807, 2.05) is 0 Å². The average molecular weight is 253 g/mol. The average Bonchev–Trinajstić information content (AvgIpc) is 2.38. The molecule has 0 fully saturated rings. The minimum absolute atomic E-state index is 0.0333. The molecule has 7 heteroatoms. The first-order valence-electron chi connectivity index (χ1n) is 6.04. The van der Waals surface area contributed by atoms with Gasteiger partial charge in [0.2, 0.25) is 0 Å². The van der Waals surface area contributed by atoms with Gasteiger partial charge in [-0.3, -0.25) is 10.1 Å². The Morgan fingerprint density at radius 2 is 2.06 bits per heavy atom. The number of nitrogen functional groups attached to an aromatic ring is 1. The number of nitrogens with zero attached hydrogens (tertiary/aromatic N) is 2. The number of anilines is 2. The zero-order valence-electron chi connectivity index (χ0n) is 10.5. The summed E-state index contributed by atoms with van der Waals surface area (Å²) < 4.78 is 0. The van der Waals surface area contributed by atoms with Crippen LogP contribution in [0.1, 0.15) is 32.6 Å². The number of rotatable bonds is 8. The number of nitrogens with two attached hydrogens (primary N) is 1. The van der Waals surface area contributed by atoms with Crippen LogP contribution in [0.25, 0.3) is 0 Å². The first kappa shape index (κ1) is 14.2. The molecule has 18 heavy (non-hydrogen) atoms. The molecule has 0 unspecified atom stereocenters. The number of pyridine rings is 1. The van der Waals surface area contributed by atoms with Crippen molar-refractivity contribution in [1.82, 2.24) is 4.98 Å². The van der Waals surface area contributed by atoms with E-state index in [0.717, 1.165) is 19.4 Å². The minimum Gasteiger partial charge on any atom is -0.370 e. The Labute approximate surface area is 106 Å². The third kappa shape index (κ3) is 4.54. The van der Waals surface area contributed by atoms with Crippen molar-refractivity contribution in [2.75, 3.05) is 17.3 Å². The van der Waals surface area contributed by atoms with Gasteiger partial charge in [0.05, 0.1) is 17.1 Å². The fourth-order valence-electron chi connectivity index (χ4n) is 1.55. The summed E-state index contributed by atoms with van der Waals surface area (Å²) in [4.78, 5) is 14.4. The lowest BCUT2D eigenvalue weighted by molar-refractivity contribution is -0.384. The summed E-state index contributed by atoms with van der Waals surface area (Å²) in [6.45, 7) is 2.90. The molecule has 0 radical (unpaired) electrons. The van der Waals surface area contributed by atoms with Crippen molar-refractivity contribution in [3.05, 3.63) is 22.2 Å². The van der Waals surface area contributed by atoms with Gasteiger partial charge in [-0.2, -0.15) is 0 Å². The van der Waals surface area contributed by atoms with Crippen LogP contribution in [-0.4, -0.2) is 16.5 Å². The summed E-state index contributed by atoms with van der Waals surface area (Å²) in [6.07, 6.45) is 4.53. The Kier molecular flexibility index (Phi) is 5.86. The summed E-state index contributed by atoms with van der Waals surface area (Å²) in [5.74, 6) is 5.96. The van der Waals surface area contributed by atoms with Crippen LogP contribution in [0.2, 0.25) is 0 Å². The maximum Gasteiger partial charge on any atom is 0.276 e. The Morgan fingerprint density at radius 3 is 2.67 bits per heavy atom. The van der Waals surface area contributed by atoms with Crippen molar-refractivity contribution < 1.29 is 4.92 Å². The van der Waals surface area contributed by atoms with Gasteiger partial charge in [-0.25, -0.2) is 10.8 Å². The van der Waals surface area contributed by atoms with Crippen LogP contribution in [0, 0.1) is 10.1 Å². The molecule has 0 aromatic carbocycles. The second kappa shape index (κ2) is 7.44. The molecule has 1 aromatic rings. The highest BCUT2D eigenvalue weighted by molar-refractivity contribution is 5.54. The van der Waals surface area contributed by atoms with E-state index in [1.54, 1.807) is 0 Å². The number of hydrogen-bond donors (Lipinski definition) is 3. The van der Waals surface area contributed by atoms with Gasteiger partial charge in [-0.1, -0.05) is 26.2 Å². The predicted octanol–water partition coefficient (Wildman–Crippen LogP) is 2.27. The maximum atomic E-state index is 10.7. The van der Waals surface area contributed by atoms with Crippen LogP contribution >= 0.6 is 0 Å². The molecule has 0 bridgehead atoms. The normalized spacial score (nSPS) is 10.1. The predicted molar refractivity (Wildman–Crippen MR) is 71.3 cm³/mol. The second-order valence-corrected chi connectivity index (χ2v) is 3.98. The Balaban J connectivity index is 2.58. The SMILES string of the molecule is CCCCCCNc1cc([N+](=O)[O-])cc(NN)n1. The van der Waals surface area contributed by atoms with Crippen LogP contribution in [0.4, 0.5) is 17.3 Å². The number of unbranched alkanes of at least 4 members (excludes halogenated alkanes) is 3. The molecule has 0 saturated carbocycles. The van der Waals surface area contributed by atoms with Gasteiger partial charge in [0, 0.05) is 6.54 Å². The van der Waals surface area contributed by atoms with Crippen LogP contribution in [0.5, 0.6) is 0 Å². The number of hydrogen-bond acceptors (Lipinski definition) is 6. The fraction of sp³-hybridized carbons (Fsp3) is 0.545. The Morgan fingerprint density at radius 1 is 1.33 bits per heavy atom. The van der Waals surface area contributed by atoms with E-state index in [9.17, 15) is 10.1 Å². The first-order valence-corrected chi connectivity index (χ1v) is 6.04. The quantitative estimate of drug-likeness (QED) is 0.284. The van der Waals surface area contributed by atoms with Crippen molar-refractivity contribution in [2.24, 2.45) is 5.84 Å². The Bertz CT molecular complexity index is 397. The van der Waals surface area contributed by atoms with E-state index in [0.29, 0.717) is 5.82 Å². The van der Waals surface area contributed by atoms with Crippen molar-refractivity contribution in [3.63, 3.8) is 0 Å². The molecule has 1 heterocycles. The number of nitro groups is 1. The van der Waals surface area contributed by atoms with E-state index < -0.39 is 4.92 Å². The molecule has 0 aliphatic heterocycles. The fourth-order valence-corrected chi connectivity index (χ4v) is 1.55. The van der Waals surface area contributed by atoms with Crippen LogP contribution < -0.4 is 16.6 Å². The highest BCUT2D eigenvalue weighted by Gasteiger charge is 2.10. The molecule has 4 N–H and O–H groups in total. The van der Waals surface area contributed by atoms with Crippen molar-refractivity contribution in [1.29, 1.82) is 0 Å². The molecule has 1 rings (SSSR count). The molecule has 0 spiro atoms. The van der Waals surface area contributed by atoms with Gasteiger partial charge in [0.1, 0.15) is 11.6 Å². The van der Waals surface area contributed by atoms with Crippen molar-refractivity contribution in [3.8, 4) is 0 Å². The molecule has 0 aliphatic rings. The minimum atomic E-state index is -0.467. The van der Waals surface area contributed by atoms with Gasteiger partial charge < -0.3 is 10.7 Å². The van der Waals surface area contributed by atoms with E-state index >= 15 is 0 Å². The number of nitrogens with one attached hydrogen (secondary N) is 2. The van der Waals surface area contributed by atoms with Crippen molar-refractivity contribution >= 4 is 17.3 Å². The summed E-state index contributed by atoms with van der Waals surface area (Å²) in [6, 6.07) is 2.70. The highest BCUT2D eigenvalue weighted by Crippen LogP contribution is 2.19. The highest BCUT2D eigenvalue weighted by atomic mass is 16.6. The molecule has 0 saturated heterocycles. The topological polar surface area (TPSA) is 106 Å². The van der Waals surface area contributed by atoms with E-state index in [4.69, 9.17) is 5.84 Å². The molecule has 0 amide bonds. The molecular weight excluding hydrogens is 234 g/mol. The lowest BCUT2D eigenvalue weighted by atomic mass is 10.2. The van der Waals surface area contributed by atoms with Crippen molar-refractivity contribution in [2.45, 2.75) is 32.6 Å². The number of hydrazine groups is 1. The monoisotopic (exact) mass is 253 g/mol. The number of aromatic nitrogens is 1. The third-order valence-electron chi connectivity index (χ3n) is 2.51. The smallest absolute Gasteiger partial charge is 0.276 e. The maximum absolute atomic E-state index is 10.7. The van der Waals surface area contributed by atoms with Crippen LogP contribution in [0.3, 0.4) is 0 Å².